The summed E-state index contributed by atoms with van der Waals surface area (Å²) in [5.41, 5.74) is -0.141. The lowest BCUT2D eigenvalue weighted by Gasteiger charge is -2.28. The molecule has 2 unspecified atom stereocenters. The Bertz CT molecular complexity index is 546. The number of benzene rings is 1. The van der Waals surface area contributed by atoms with Gasteiger partial charge in [0, 0.05) is 6.54 Å². The van der Waals surface area contributed by atoms with Crippen LogP contribution in [-0.2, 0) is 4.79 Å². The number of aliphatic carboxylic acids is 1. The van der Waals surface area contributed by atoms with Crippen LogP contribution >= 0.6 is 0 Å². The number of amides is 1. The van der Waals surface area contributed by atoms with Gasteiger partial charge in [-0.1, -0.05) is 12.8 Å². The van der Waals surface area contributed by atoms with Gasteiger partial charge in [-0.05, 0) is 37.0 Å². The second-order valence-corrected chi connectivity index (χ2v) is 5.36. The van der Waals surface area contributed by atoms with Gasteiger partial charge in [0.1, 0.15) is 11.6 Å². The molecule has 0 bridgehead atoms. The molecular weight excluding hydrogens is 277 g/mol. The van der Waals surface area contributed by atoms with E-state index in [1.807, 2.05) is 0 Å². The molecule has 0 radical (unpaired) electrons. The Labute approximate surface area is 121 Å². The number of aromatic hydroxyl groups is 1. The predicted octanol–water partition coefficient (Wildman–Crippen LogP) is 2.15. The van der Waals surface area contributed by atoms with Crippen LogP contribution in [0.25, 0.3) is 0 Å². The second-order valence-electron chi connectivity index (χ2n) is 5.36. The van der Waals surface area contributed by atoms with E-state index in [4.69, 9.17) is 5.11 Å². The fourth-order valence-electron chi connectivity index (χ4n) is 2.79. The number of nitrogens with one attached hydrogen (secondary N) is 1. The summed E-state index contributed by atoms with van der Waals surface area (Å²) < 4.78 is 13.1. The van der Waals surface area contributed by atoms with Crippen LogP contribution in [0.4, 0.5) is 4.39 Å². The lowest BCUT2D eigenvalue weighted by atomic mass is 9.79. The molecule has 1 saturated carbocycles. The van der Waals surface area contributed by atoms with Crippen LogP contribution in [0, 0.1) is 17.7 Å². The molecule has 2 rings (SSSR count). The lowest BCUT2D eigenvalue weighted by molar-refractivity contribution is -0.144. The molecule has 1 fully saturated rings. The van der Waals surface area contributed by atoms with Crippen molar-refractivity contribution >= 4 is 11.9 Å². The molecule has 1 aliphatic carbocycles. The van der Waals surface area contributed by atoms with Crippen molar-refractivity contribution < 1.29 is 24.2 Å². The molecule has 6 heteroatoms. The highest BCUT2D eigenvalue weighted by Gasteiger charge is 2.31. The lowest BCUT2D eigenvalue weighted by Crippen LogP contribution is -2.37. The number of carboxylic acids is 1. The zero-order chi connectivity index (χ0) is 15.4. The molecule has 1 aromatic carbocycles. The number of halogens is 1. The quantitative estimate of drug-likeness (QED) is 0.794. The van der Waals surface area contributed by atoms with Gasteiger partial charge in [-0.3, -0.25) is 9.59 Å². The number of phenols is 1. The van der Waals surface area contributed by atoms with Crippen molar-refractivity contribution in [1.82, 2.24) is 5.32 Å². The van der Waals surface area contributed by atoms with Crippen LogP contribution < -0.4 is 5.32 Å². The molecule has 0 spiro atoms. The molecule has 1 aromatic rings. The third kappa shape index (κ3) is 3.71. The highest BCUT2D eigenvalue weighted by atomic mass is 19.1. The summed E-state index contributed by atoms with van der Waals surface area (Å²) in [6.45, 7) is 0.214. The van der Waals surface area contributed by atoms with E-state index in [2.05, 4.69) is 5.32 Å². The number of carboxylic acid groups (broad SMARTS) is 1. The molecule has 0 aromatic heterocycles. The van der Waals surface area contributed by atoms with Crippen LogP contribution in [0.2, 0.25) is 0 Å². The van der Waals surface area contributed by atoms with E-state index in [1.165, 1.54) is 0 Å². The van der Waals surface area contributed by atoms with Crippen LogP contribution in [-0.4, -0.2) is 28.6 Å². The first-order chi connectivity index (χ1) is 9.99. The number of hydrogen-bond acceptors (Lipinski definition) is 3. The van der Waals surface area contributed by atoms with Crippen molar-refractivity contribution in [3.8, 4) is 5.75 Å². The minimum Gasteiger partial charge on any atom is -0.507 e. The van der Waals surface area contributed by atoms with Crippen molar-refractivity contribution in [2.24, 2.45) is 11.8 Å². The maximum absolute atomic E-state index is 13.1. The average Bonchev–Trinajstić information content (AvgIpc) is 2.47. The summed E-state index contributed by atoms with van der Waals surface area (Å²) in [4.78, 5) is 23.1. The molecule has 114 valence electrons. The normalized spacial score (nSPS) is 21.8. The van der Waals surface area contributed by atoms with Crippen LogP contribution in [0.15, 0.2) is 18.2 Å². The molecular formula is C15H18FNO4. The summed E-state index contributed by atoms with van der Waals surface area (Å²) in [6.07, 6.45) is 3.18. The molecule has 0 aliphatic heterocycles. The van der Waals surface area contributed by atoms with Crippen LogP contribution in [0.1, 0.15) is 36.0 Å². The standard InChI is InChI=1S/C15H18FNO4/c16-10-5-6-13(18)12(7-10)14(19)17-8-9-3-1-2-4-11(9)15(20)21/h5-7,9,11,18H,1-4,8H2,(H,17,19)(H,20,21). The summed E-state index contributed by atoms with van der Waals surface area (Å²) in [7, 11) is 0. The SMILES string of the molecule is O=C(NCC1CCCCC1C(=O)O)c1cc(F)ccc1O. The van der Waals surface area contributed by atoms with E-state index in [-0.39, 0.29) is 23.8 Å². The van der Waals surface area contributed by atoms with Crippen LogP contribution in [0.3, 0.4) is 0 Å². The Kier molecular flexibility index (Phi) is 4.77. The molecule has 0 heterocycles. The Morgan fingerprint density at radius 1 is 1.29 bits per heavy atom. The molecule has 0 saturated heterocycles. The minimum atomic E-state index is -0.845. The number of carbonyl (C=O) groups is 2. The number of hydrogen-bond donors (Lipinski definition) is 3. The van der Waals surface area contributed by atoms with Gasteiger partial charge in [0.2, 0.25) is 0 Å². The van der Waals surface area contributed by atoms with E-state index in [0.717, 1.165) is 37.5 Å². The van der Waals surface area contributed by atoms with E-state index in [0.29, 0.717) is 6.42 Å². The van der Waals surface area contributed by atoms with Gasteiger partial charge in [0.05, 0.1) is 11.5 Å². The molecule has 21 heavy (non-hydrogen) atoms. The summed E-state index contributed by atoms with van der Waals surface area (Å²) in [6, 6.07) is 3.14. The zero-order valence-electron chi connectivity index (χ0n) is 11.5. The van der Waals surface area contributed by atoms with Crippen LogP contribution in [0.5, 0.6) is 5.75 Å². The van der Waals surface area contributed by atoms with Gasteiger partial charge >= 0.3 is 5.97 Å². The van der Waals surface area contributed by atoms with Gasteiger partial charge in [0.15, 0.2) is 0 Å². The van der Waals surface area contributed by atoms with Gasteiger partial charge in [-0.15, -0.1) is 0 Å². The number of rotatable bonds is 4. The predicted molar refractivity (Wildman–Crippen MR) is 73.5 cm³/mol. The number of carbonyl (C=O) groups excluding carboxylic acids is 1. The van der Waals surface area contributed by atoms with Gasteiger partial charge in [-0.25, -0.2) is 4.39 Å². The largest absolute Gasteiger partial charge is 0.507 e. The summed E-state index contributed by atoms with van der Waals surface area (Å²) in [5.74, 6) is -2.94. The Hall–Kier alpha value is -2.11. The highest BCUT2D eigenvalue weighted by Crippen LogP contribution is 2.30. The smallest absolute Gasteiger partial charge is 0.306 e. The van der Waals surface area contributed by atoms with Gasteiger partial charge < -0.3 is 15.5 Å². The first-order valence-electron chi connectivity index (χ1n) is 6.98. The van der Waals surface area contributed by atoms with E-state index in [9.17, 15) is 19.1 Å². The zero-order valence-corrected chi connectivity index (χ0v) is 11.5. The maximum atomic E-state index is 13.1. The summed E-state index contributed by atoms with van der Waals surface area (Å²) >= 11 is 0. The Balaban J connectivity index is 1.99. The second kappa shape index (κ2) is 6.56. The van der Waals surface area contributed by atoms with Crippen molar-refractivity contribution in [1.29, 1.82) is 0 Å². The highest BCUT2D eigenvalue weighted by molar-refractivity contribution is 5.96. The molecule has 5 nitrogen and oxygen atoms in total. The van der Waals surface area contributed by atoms with Crippen molar-refractivity contribution in [2.75, 3.05) is 6.54 Å². The minimum absolute atomic E-state index is 0.129. The van der Waals surface area contributed by atoms with Gasteiger partial charge in [-0.2, -0.15) is 0 Å². The molecule has 1 amide bonds. The van der Waals surface area contributed by atoms with Crippen molar-refractivity contribution in [3.05, 3.63) is 29.6 Å². The fraction of sp³-hybridized carbons (Fsp3) is 0.467. The van der Waals surface area contributed by atoms with Gasteiger partial charge in [0.25, 0.3) is 5.91 Å². The molecule has 2 atom stereocenters. The van der Waals surface area contributed by atoms with Crippen molar-refractivity contribution in [3.63, 3.8) is 0 Å². The first kappa shape index (κ1) is 15.3. The van der Waals surface area contributed by atoms with E-state index < -0.39 is 23.6 Å². The molecule has 1 aliphatic rings. The topological polar surface area (TPSA) is 86.6 Å². The monoisotopic (exact) mass is 295 g/mol. The Morgan fingerprint density at radius 2 is 2.00 bits per heavy atom. The third-order valence-electron chi connectivity index (χ3n) is 3.95. The average molecular weight is 295 g/mol. The fourth-order valence-corrected chi connectivity index (χ4v) is 2.79. The Morgan fingerprint density at radius 3 is 2.71 bits per heavy atom. The first-order valence-corrected chi connectivity index (χ1v) is 6.98. The van der Waals surface area contributed by atoms with E-state index in [1.54, 1.807) is 0 Å². The maximum Gasteiger partial charge on any atom is 0.306 e. The summed E-state index contributed by atoms with van der Waals surface area (Å²) in [5, 5.41) is 21.3. The number of phenolic OH excluding ortho intramolecular Hbond substituents is 1. The molecule has 3 N–H and O–H groups in total. The van der Waals surface area contributed by atoms with E-state index >= 15 is 0 Å². The third-order valence-corrected chi connectivity index (χ3v) is 3.95. The van der Waals surface area contributed by atoms with Crippen molar-refractivity contribution in [2.45, 2.75) is 25.7 Å².